The van der Waals surface area contributed by atoms with Gasteiger partial charge in [0, 0.05) is 35.2 Å². The van der Waals surface area contributed by atoms with E-state index in [4.69, 9.17) is 11.6 Å². The second-order valence-electron chi connectivity index (χ2n) is 5.16. The average molecular weight is 360 g/mol. The summed E-state index contributed by atoms with van der Waals surface area (Å²) < 4.78 is 0.814. The van der Waals surface area contributed by atoms with E-state index in [0.717, 1.165) is 30.4 Å². The number of nitrogens with zero attached hydrogens (tertiary/aromatic N) is 1. The van der Waals surface area contributed by atoms with Gasteiger partial charge in [0.05, 0.1) is 5.02 Å². The van der Waals surface area contributed by atoms with E-state index in [1.54, 1.807) is 6.07 Å². The van der Waals surface area contributed by atoms with E-state index in [1.165, 1.54) is 0 Å². The number of rotatable bonds is 3. The molecule has 2 atom stereocenters. The van der Waals surface area contributed by atoms with Crippen LogP contribution in [0, 0.1) is 0 Å². The number of piperazine rings is 1. The topological polar surface area (TPSA) is 32.3 Å². The Hall–Kier alpha value is -0.580. The number of amides is 1. The van der Waals surface area contributed by atoms with Crippen molar-refractivity contribution in [1.29, 1.82) is 0 Å². The van der Waals surface area contributed by atoms with Crippen LogP contribution in [0.5, 0.6) is 0 Å². The fourth-order valence-electron chi connectivity index (χ4n) is 2.55. The Morgan fingerprint density at radius 3 is 2.80 bits per heavy atom. The summed E-state index contributed by atoms with van der Waals surface area (Å²) in [4.78, 5) is 14.7. The lowest BCUT2D eigenvalue weighted by atomic mass is 10.0. The van der Waals surface area contributed by atoms with Gasteiger partial charge in [-0.15, -0.1) is 0 Å². The Morgan fingerprint density at radius 2 is 2.20 bits per heavy atom. The molecular formula is C15H20BrClN2O. The van der Waals surface area contributed by atoms with Crippen LogP contribution in [0.25, 0.3) is 0 Å². The molecule has 5 heteroatoms. The number of benzene rings is 1. The van der Waals surface area contributed by atoms with Crippen molar-refractivity contribution >= 4 is 33.4 Å². The molecule has 0 bridgehead atoms. The van der Waals surface area contributed by atoms with Gasteiger partial charge in [-0.05, 0) is 47.0 Å². The molecule has 2 rings (SSSR count). The van der Waals surface area contributed by atoms with E-state index < -0.39 is 0 Å². The second-order valence-corrected chi connectivity index (χ2v) is 6.42. The van der Waals surface area contributed by atoms with Crippen LogP contribution < -0.4 is 5.32 Å². The van der Waals surface area contributed by atoms with Crippen LogP contribution in [0.1, 0.15) is 37.0 Å². The summed E-state index contributed by atoms with van der Waals surface area (Å²) in [5.41, 5.74) is 0.661. The predicted octanol–water partition coefficient (Wildman–Crippen LogP) is 3.71. The van der Waals surface area contributed by atoms with Crippen molar-refractivity contribution in [3.8, 4) is 0 Å². The summed E-state index contributed by atoms with van der Waals surface area (Å²) in [6.45, 7) is 5.89. The van der Waals surface area contributed by atoms with E-state index >= 15 is 0 Å². The molecule has 1 aromatic carbocycles. The van der Waals surface area contributed by atoms with E-state index in [9.17, 15) is 4.79 Å². The molecule has 110 valence electrons. The third kappa shape index (κ3) is 3.35. The molecule has 1 heterocycles. The normalized spacial score (nSPS) is 22.9. The Morgan fingerprint density at radius 1 is 1.45 bits per heavy atom. The highest BCUT2D eigenvalue weighted by Crippen LogP contribution is 2.25. The highest BCUT2D eigenvalue weighted by molar-refractivity contribution is 9.10. The van der Waals surface area contributed by atoms with Crippen LogP contribution in [0.15, 0.2) is 22.7 Å². The van der Waals surface area contributed by atoms with Gasteiger partial charge in [0.1, 0.15) is 0 Å². The molecule has 0 saturated carbocycles. The SMILES string of the molecule is CCC1CN(C(=O)c2ccc(Br)c(Cl)c2)C(CC)CN1. The first kappa shape index (κ1) is 15.8. The largest absolute Gasteiger partial charge is 0.333 e. The van der Waals surface area contributed by atoms with Crippen molar-refractivity contribution in [2.75, 3.05) is 13.1 Å². The zero-order valence-corrected chi connectivity index (χ0v) is 14.2. The Balaban J connectivity index is 2.22. The first-order chi connectivity index (χ1) is 9.56. The zero-order valence-electron chi connectivity index (χ0n) is 11.8. The van der Waals surface area contributed by atoms with Crippen molar-refractivity contribution in [2.45, 2.75) is 38.8 Å². The van der Waals surface area contributed by atoms with Crippen LogP contribution in [-0.2, 0) is 0 Å². The van der Waals surface area contributed by atoms with Gasteiger partial charge in [-0.1, -0.05) is 25.4 Å². The highest BCUT2D eigenvalue weighted by atomic mass is 79.9. The lowest BCUT2D eigenvalue weighted by Crippen LogP contribution is -2.57. The maximum atomic E-state index is 12.7. The number of halogens is 2. The number of carbonyl (C=O) groups is 1. The fourth-order valence-corrected chi connectivity index (χ4v) is 2.97. The van der Waals surface area contributed by atoms with Gasteiger partial charge in [0.2, 0.25) is 0 Å². The quantitative estimate of drug-likeness (QED) is 0.892. The van der Waals surface area contributed by atoms with Crippen LogP contribution in [-0.4, -0.2) is 36.0 Å². The lowest BCUT2D eigenvalue weighted by molar-refractivity contribution is 0.0576. The molecule has 1 aliphatic heterocycles. The predicted molar refractivity (Wildman–Crippen MR) is 86.3 cm³/mol. The van der Waals surface area contributed by atoms with Crippen molar-refractivity contribution in [2.24, 2.45) is 0 Å². The van der Waals surface area contributed by atoms with Crippen LogP contribution in [0.3, 0.4) is 0 Å². The van der Waals surface area contributed by atoms with E-state index in [2.05, 4.69) is 35.1 Å². The van der Waals surface area contributed by atoms with Crippen molar-refractivity contribution in [3.05, 3.63) is 33.3 Å². The van der Waals surface area contributed by atoms with E-state index in [0.29, 0.717) is 16.6 Å². The summed E-state index contributed by atoms with van der Waals surface area (Å²) in [7, 11) is 0. The lowest BCUT2D eigenvalue weighted by Gasteiger charge is -2.40. The highest BCUT2D eigenvalue weighted by Gasteiger charge is 2.30. The van der Waals surface area contributed by atoms with Gasteiger partial charge in [0.15, 0.2) is 0 Å². The zero-order chi connectivity index (χ0) is 14.7. The first-order valence-corrected chi connectivity index (χ1v) is 8.23. The standard InChI is InChI=1S/C15H20BrClN2O/c1-3-11-9-19(12(4-2)8-18-11)15(20)10-5-6-13(16)14(17)7-10/h5-7,11-12,18H,3-4,8-9H2,1-2H3. The second kappa shape index (κ2) is 6.92. The smallest absolute Gasteiger partial charge is 0.254 e. The van der Waals surface area contributed by atoms with Crippen molar-refractivity contribution < 1.29 is 4.79 Å². The third-order valence-electron chi connectivity index (χ3n) is 3.89. The monoisotopic (exact) mass is 358 g/mol. The van der Waals surface area contributed by atoms with Gasteiger partial charge in [-0.25, -0.2) is 0 Å². The van der Waals surface area contributed by atoms with Gasteiger partial charge < -0.3 is 10.2 Å². The molecule has 1 amide bonds. The van der Waals surface area contributed by atoms with E-state index in [-0.39, 0.29) is 11.9 Å². The van der Waals surface area contributed by atoms with Gasteiger partial charge in [0.25, 0.3) is 5.91 Å². The minimum Gasteiger partial charge on any atom is -0.333 e. The molecule has 1 saturated heterocycles. The first-order valence-electron chi connectivity index (χ1n) is 7.06. The molecule has 0 radical (unpaired) electrons. The number of hydrogen-bond donors (Lipinski definition) is 1. The molecule has 1 aromatic rings. The molecule has 0 aromatic heterocycles. The Labute approximate surface area is 133 Å². The molecule has 20 heavy (non-hydrogen) atoms. The van der Waals surface area contributed by atoms with Gasteiger partial charge in [-0.2, -0.15) is 0 Å². The maximum absolute atomic E-state index is 12.7. The minimum absolute atomic E-state index is 0.0752. The van der Waals surface area contributed by atoms with Crippen LogP contribution in [0.4, 0.5) is 0 Å². The molecule has 2 unspecified atom stereocenters. The van der Waals surface area contributed by atoms with Crippen molar-refractivity contribution in [1.82, 2.24) is 10.2 Å². The molecule has 1 aliphatic rings. The molecule has 0 aliphatic carbocycles. The minimum atomic E-state index is 0.0752. The Kier molecular flexibility index (Phi) is 5.47. The summed E-state index contributed by atoms with van der Waals surface area (Å²) in [5, 5.41) is 4.07. The summed E-state index contributed by atoms with van der Waals surface area (Å²) in [6.07, 6.45) is 1.99. The van der Waals surface area contributed by atoms with E-state index in [1.807, 2.05) is 17.0 Å². The van der Waals surface area contributed by atoms with Crippen LogP contribution in [0.2, 0.25) is 5.02 Å². The Bertz CT molecular complexity index is 495. The summed E-state index contributed by atoms with van der Waals surface area (Å²) >= 11 is 9.45. The molecular weight excluding hydrogens is 340 g/mol. The summed E-state index contributed by atoms with van der Waals surface area (Å²) in [6, 6.07) is 6.04. The van der Waals surface area contributed by atoms with Gasteiger partial charge >= 0.3 is 0 Å². The third-order valence-corrected chi connectivity index (χ3v) is 5.12. The maximum Gasteiger partial charge on any atom is 0.254 e. The number of nitrogens with one attached hydrogen (secondary N) is 1. The molecule has 3 nitrogen and oxygen atoms in total. The average Bonchev–Trinajstić information content (AvgIpc) is 2.48. The summed E-state index contributed by atoms with van der Waals surface area (Å²) in [5.74, 6) is 0.0752. The van der Waals surface area contributed by atoms with Crippen LogP contribution >= 0.6 is 27.5 Å². The van der Waals surface area contributed by atoms with Gasteiger partial charge in [-0.3, -0.25) is 4.79 Å². The fraction of sp³-hybridized carbons (Fsp3) is 0.533. The van der Waals surface area contributed by atoms with Crippen molar-refractivity contribution in [3.63, 3.8) is 0 Å². The molecule has 0 spiro atoms. The number of hydrogen-bond acceptors (Lipinski definition) is 2. The molecule has 1 fully saturated rings. The number of carbonyl (C=O) groups excluding carboxylic acids is 1. The molecule has 1 N–H and O–H groups in total.